The van der Waals surface area contributed by atoms with Gasteiger partial charge in [-0.2, -0.15) is 16.8 Å². The lowest BCUT2D eigenvalue weighted by Gasteiger charge is -2.21. The van der Waals surface area contributed by atoms with Crippen molar-refractivity contribution >= 4 is 91.6 Å². The highest BCUT2D eigenvalue weighted by molar-refractivity contribution is 7.93. The zero-order valence-corrected chi connectivity index (χ0v) is 46.9. The molecule has 0 saturated heterocycles. The fourth-order valence-corrected chi connectivity index (χ4v) is 13.5. The first kappa shape index (κ1) is 56.3. The molecule has 2 aliphatic rings. The molecule has 0 aromatic heterocycles. The van der Waals surface area contributed by atoms with Gasteiger partial charge in [-0.1, -0.05) is 36.4 Å². The van der Waals surface area contributed by atoms with E-state index in [1.54, 1.807) is 64.1 Å². The Kier molecular flexibility index (Phi) is 15.0. The number of hydrogen-bond donors (Lipinski definition) is 5. The average molecular weight is 1140 g/mol. The van der Waals surface area contributed by atoms with Gasteiger partial charge in [0.15, 0.2) is 0 Å². The highest BCUT2D eigenvalue weighted by Gasteiger charge is 2.29. The van der Waals surface area contributed by atoms with Crippen molar-refractivity contribution in [3.05, 3.63) is 164 Å². The smallest absolute Gasteiger partial charge is 0.337 e. The maximum atomic E-state index is 14.1. The quantitative estimate of drug-likeness (QED) is 0.0384. The number of nitrogens with zero attached hydrogens (tertiary/aromatic N) is 1. The lowest BCUT2D eigenvalue weighted by molar-refractivity contribution is 0.0598. The third-order valence-corrected chi connectivity index (χ3v) is 17.4. The van der Waals surface area contributed by atoms with Crippen LogP contribution < -0.4 is 20.1 Å². The first-order chi connectivity index (χ1) is 36.4. The van der Waals surface area contributed by atoms with Gasteiger partial charge in [0.05, 0.1) is 57.6 Å². The lowest BCUT2D eigenvalue weighted by Crippen LogP contribution is -2.18. The summed E-state index contributed by atoms with van der Waals surface area (Å²) in [5, 5.41) is 3.21. The van der Waals surface area contributed by atoms with Crippen LogP contribution in [0, 0.1) is 55.4 Å². The number of aryl methyl sites for hydroxylation is 6. The van der Waals surface area contributed by atoms with E-state index in [-0.39, 0.29) is 66.4 Å². The van der Waals surface area contributed by atoms with E-state index in [2.05, 4.69) is 14.8 Å². The van der Waals surface area contributed by atoms with Crippen molar-refractivity contribution in [1.82, 2.24) is 0 Å². The van der Waals surface area contributed by atoms with Crippen molar-refractivity contribution in [3.63, 3.8) is 0 Å². The van der Waals surface area contributed by atoms with Crippen LogP contribution in [0.2, 0.25) is 0 Å². The minimum absolute atomic E-state index is 0.0126. The summed E-state index contributed by atoms with van der Waals surface area (Å²) in [6, 6.07) is 24.0. The van der Waals surface area contributed by atoms with E-state index in [4.69, 9.17) is 18.9 Å². The summed E-state index contributed by atoms with van der Waals surface area (Å²) in [7, 11) is -16.6. The summed E-state index contributed by atoms with van der Waals surface area (Å²) in [5.74, 6) is -1.96. The molecule has 8 rings (SSSR count). The zero-order valence-electron chi connectivity index (χ0n) is 43.6. The van der Waals surface area contributed by atoms with Crippen molar-refractivity contribution in [3.8, 4) is 22.5 Å². The molecule has 5 N–H and O–H groups in total. The number of esters is 2. The van der Waals surface area contributed by atoms with Crippen molar-refractivity contribution in [1.29, 1.82) is 0 Å². The molecule has 0 bridgehead atoms. The van der Waals surface area contributed by atoms with Gasteiger partial charge in [-0.3, -0.25) is 18.5 Å². The van der Waals surface area contributed by atoms with Gasteiger partial charge in [-0.05, 0) is 154 Å². The number of sulfonamides is 2. The SMILES string of the molecule is COC(=O)c1cc(C(=O)OC)cc(S(=O)(=O)Nc2c(C)cc(C)c(N=c3cc4oc5cc(Nc6c(C)cc(C)c(NS(=O)(=O)c7cc(C)cc(C)c7)c6C)ccc5c(-c5ccccc5S(=O)(=O)O)c-4cc3S(=O)(=O)O)c2C)c1. The number of carbonyl (C=O) groups excluding carboxylic acids is 2. The molecule has 0 radical (unpaired) electrons. The van der Waals surface area contributed by atoms with Crippen LogP contribution in [0.1, 0.15) is 65.2 Å². The third kappa shape index (κ3) is 11.1. The van der Waals surface area contributed by atoms with Crippen LogP contribution in [-0.4, -0.2) is 68.9 Å². The molecular weight excluding hydrogens is 1080 g/mol. The molecule has 406 valence electrons. The number of benzene rings is 7. The lowest BCUT2D eigenvalue weighted by atomic mass is 9.93. The van der Waals surface area contributed by atoms with E-state index < -0.39 is 72.3 Å². The predicted molar refractivity (Wildman–Crippen MR) is 294 cm³/mol. The normalized spacial score (nSPS) is 12.4. The highest BCUT2D eigenvalue weighted by atomic mass is 32.2. The Balaban J connectivity index is 1.32. The fourth-order valence-electron chi connectivity index (χ4n) is 9.47. The van der Waals surface area contributed by atoms with E-state index in [1.165, 1.54) is 31.2 Å². The molecule has 0 fully saturated rings. The topological polar surface area (TPSA) is 291 Å². The second kappa shape index (κ2) is 20.8. The molecule has 19 nitrogen and oxygen atoms in total. The number of fused-ring (bicyclic) bond motifs is 2. The Morgan fingerprint density at radius 3 is 1.63 bits per heavy atom. The molecule has 0 unspecified atom stereocenters. The van der Waals surface area contributed by atoms with Crippen LogP contribution in [0.15, 0.2) is 132 Å². The molecule has 23 heteroatoms. The number of carbonyl (C=O) groups is 2. The second-order valence-electron chi connectivity index (χ2n) is 18.7. The Morgan fingerprint density at radius 1 is 0.538 bits per heavy atom. The summed E-state index contributed by atoms with van der Waals surface area (Å²) in [6.45, 7) is 13.7. The predicted octanol–water partition coefficient (Wildman–Crippen LogP) is 10.3. The summed E-state index contributed by atoms with van der Waals surface area (Å²) >= 11 is 0. The van der Waals surface area contributed by atoms with E-state index in [1.807, 2.05) is 32.9 Å². The number of nitrogens with one attached hydrogen (secondary N) is 3. The molecule has 0 atom stereocenters. The standard InChI is InChI=1S/C55H52N4O15S4/c1-28-17-29(2)19-39(18-28)75(62,63)58-52-32(5)20-30(3)50(34(52)7)56-38-15-16-41-45(25-38)74-46-27-44(48(78(69,70)71)26-43(46)49(41)42-13-11-12-14-47(42)77(66,67)68)57-51-31(4)21-33(6)53(35(51)8)59-76(64,65)40-23-36(54(60)72-9)22-37(24-40)55(61)73-10/h11-27,56,58-59H,1-10H3,(H,66,67,68)(H,69,70,71). The summed E-state index contributed by atoms with van der Waals surface area (Å²) in [4.78, 5) is 28.1. The fraction of sp³-hybridized carbons (Fsp3) is 0.182. The van der Waals surface area contributed by atoms with E-state index in [0.29, 0.717) is 39.3 Å². The van der Waals surface area contributed by atoms with E-state index in [9.17, 15) is 52.4 Å². The number of ether oxygens (including phenoxy) is 2. The van der Waals surface area contributed by atoms with E-state index in [0.717, 1.165) is 61.2 Å². The number of anilines is 4. The largest absolute Gasteiger partial charge is 0.465 e. The summed E-state index contributed by atoms with van der Waals surface area (Å²) < 4.78 is 151. The van der Waals surface area contributed by atoms with Gasteiger partial charge >= 0.3 is 11.9 Å². The van der Waals surface area contributed by atoms with Crippen molar-refractivity contribution in [2.24, 2.45) is 4.99 Å². The van der Waals surface area contributed by atoms with Crippen LogP contribution in [0.25, 0.3) is 33.4 Å². The van der Waals surface area contributed by atoms with E-state index >= 15 is 0 Å². The van der Waals surface area contributed by atoms with Gasteiger partial charge in [0.25, 0.3) is 40.3 Å². The second-order valence-corrected chi connectivity index (χ2v) is 24.8. The first-order valence-electron chi connectivity index (χ1n) is 23.5. The van der Waals surface area contributed by atoms with Crippen molar-refractivity contribution < 1.29 is 66.3 Å². The maximum absolute atomic E-state index is 14.1. The molecular formula is C55H52N4O15S4. The van der Waals surface area contributed by atoms with Crippen LogP contribution in [0.3, 0.4) is 0 Å². The van der Waals surface area contributed by atoms with Gasteiger partial charge in [0, 0.05) is 45.6 Å². The Bertz CT molecular complexity index is 4330. The molecule has 0 spiro atoms. The van der Waals surface area contributed by atoms with Crippen LogP contribution in [0.4, 0.5) is 28.4 Å². The zero-order chi connectivity index (χ0) is 57.1. The minimum atomic E-state index is -5.20. The van der Waals surface area contributed by atoms with Crippen molar-refractivity contribution in [2.45, 2.75) is 75.0 Å². The van der Waals surface area contributed by atoms with Crippen LogP contribution >= 0.6 is 0 Å². The number of hydrogen-bond acceptors (Lipinski definition) is 15. The molecule has 0 saturated carbocycles. The van der Waals surface area contributed by atoms with Gasteiger partial charge in [0.2, 0.25) is 0 Å². The Hall–Kier alpha value is -7.93. The summed E-state index contributed by atoms with van der Waals surface area (Å²) in [5.41, 5.74) is 5.36. The molecule has 1 heterocycles. The van der Waals surface area contributed by atoms with Gasteiger partial charge in [-0.15, -0.1) is 0 Å². The number of methoxy groups -OCH3 is 2. The third-order valence-electron chi connectivity index (χ3n) is 13.0. The minimum Gasteiger partial charge on any atom is -0.465 e. The molecule has 6 aromatic rings. The molecule has 0 amide bonds. The Labute approximate surface area is 450 Å². The molecule has 1 aliphatic carbocycles. The molecule has 1 aliphatic heterocycles. The summed E-state index contributed by atoms with van der Waals surface area (Å²) in [6.07, 6.45) is 0. The van der Waals surface area contributed by atoms with Gasteiger partial charge in [0.1, 0.15) is 21.1 Å². The average Bonchev–Trinajstić information content (AvgIpc) is 3.40. The molecule has 6 aromatic carbocycles. The monoisotopic (exact) mass is 1140 g/mol. The van der Waals surface area contributed by atoms with Gasteiger partial charge in [-0.25, -0.2) is 31.4 Å². The number of rotatable bonds is 14. The first-order valence-corrected chi connectivity index (χ1v) is 29.3. The van der Waals surface area contributed by atoms with Gasteiger partial charge < -0.3 is 19.2 Å². The van der Waals surface area contributed by atoms with Crippen LogP contribution in [0.5, 0.6) is 0 Å². The van der Waals surface area contributed by atoms with Crippen molar-refractivity contribution in [2.75, 3.05) is 29.0 Å². The van der Waals surface area contributed by atoms with Crippen LogP contribution in [-0.2, 0) is 49.8 Å². The highest BCUT2D eigenvalue weighted by Crippen LogP contribution is 2.45. The Morgan fingerprint density at radius 2 is 1.06 bits per heavy atom. The maximum Gasteiger partial charge on any atom is 0.337 e. The molecule has 78 heavy (non-hydrogen) atoms.